The molecule has 1 aromatic carbocycles. The fourth-order valence-electron chi connectivity index (χ4n) is 4.27. The SMILES string of the molecule is CC(F)(F)CNC1CCC(COc2nc(Nc3ccc(N4CCOCC4)cc3)ncc2Cl)CC1. The number of alkyl halides is 2. The van der Waals surface area contributed by atoms with Crippen molar-refractivity contribution in [3.63, 3.8) is 0 Å². The second-order valence-corrected chi connectivity index (χ2v) is 9.50. The van der Waals surface area contributed by atoms with Crippen molar-refractivity contribution in [1.82, 2.24) is 15.3 Å². The predicted molar refractivity (Wildman–Crippen MR) is 130 cm³/mol. The van der Waals surface area contributed by atoms with E-state index >= 15 is 0 Å². The number of aromatic nitrogens is 2. The lowest BCUT2D eigenvalue weighted by atomic mass is 9.86. The number of nitrogens with zero attached hydrogens (tertiary/aromatic N) is 3. The number of hydrogen-bond acceptors (Lipinski definition) is 7. The summed E-state index contributed by atoms with van der Waals surface area (Å²) in [7, 11) is 0. The molecule has 1 aliphatic heterocycles. The minimum atomic E-state index is -2.68. The molecule has 10 heteroatoms. The van der Waals surface area contributed by atoms with E-state index in [1.807, 2.05) is 12.1 Å². The Labute approximate surface area is 204 Å². The van der Waals surface area contributed by atoms with Gasteiger partial charge in [0.2, 0.25) is 11.8 Å². The molecule has 7 nitrogen and oxygen atoms in total. The average molecular weight is 496 g/mol. The van der Waals surface area contributed by atoms with Gasteiger partial charge in [-0.05, 0) is 55.9 Å². The Balaban J connectivity index is 1.26. The zero-order chi connectivity index (χ0) is 24.0. The van der Waals surface area contributed by atoms with Crippen molar-refractivity contribution in [2.75, 3.05) is 49.7 Å². The second kappa shape index (κ2) is 11.5. The Morgan fingerprint density at radius 3 is 2.53 bits per heavy atom. The van der Waals surface area contributed by atoms with Crippen LogP contribution in [0.25, 0.3) is 0 Å². The molecule has 0 unspecified atom stereocenters. The fraction of sp³-hybridized carbons (Fsp3) is 0.583. The maximum absolute atomic E-state index is 13.0. The molecule has 2 aromatic rings. The molecule has 186 valence electrons. The number of halogens is 3. The van der Waals surface area contributed by atoms with Gasteiger partial charge in [0, 0.05) is 37.4 Å². The van der Waals surface area contributed by atoms with Gasteiger partial charge in [0.25, 0.3) is 5.92 Å². The van der Waals surface area contributed by atoms with Crippen LogP contribution in [0.1, 0.15) is 32.6 Å². The summed E-state index contributed by atoms with van der Waals surface area (Å²) >= 11 is 6.26. The van der Waals surface area contributed by atoms with E-state index in [1.165, 1.54) is 6.20 Å². The smallest absolute Gasteiger partial charge is 0.257 e. The molecule has 34 heavy (non-hydrogen) atoms. The minimum Gasteiger partial charge on any atom is -0.476 e. The molecule has 2 heterocycles. The summed E-state index contributed by atoms with van der Waals surface area (Å²) in [5, 5.41) is 6.52. The van der Waals surface area contributed by atoms with Crippen LogP contribution in [0.5, 0.6) is 5.88 Å². The molecule has 0 amide bonds. The van der Waals surface area contributed by atoms with Crippen LogP contribution >= 0.6 is 11.6 Å². The average Bonchev–Trinajstić information content (AvgIpc) is 2.84. The summed E-state index contributed by atoms with van der Waals surface area (Å²) in [6.07, 6.45) is 5.07. The van der Waals surface area contributed by atoms with Gasteiger partial charge >= 0.3 is 0 Å². The molecule has 0 spiro atoms. The summed E-state index contributed by atoms with van der Waals surface area (Å²) in [4.78, 5) is 11.0. The molecule has 0 bridgehead atoms. The summed E-state index contributed by atoms with van der Waals surface area (Å²) < 4.78 is 37.4. The molecule has 4 rings (SSSR count). The van der Waals surface area contributed by atoms with Gasteiger partial charge in [-0.25, -0.2) is 13.8 Å². The summed E-state index contributed by atoms with van der Waals surface area (Å²) in [6, 6.07) is 8.24. The van der Waals surface area contributed by atoms with Crippen molar-refractivity contribution in [2.24, 2.45) is 5.92 Å². The number of hydrogen-bond donors (Lipinski definition) is 2. The van der Waals surface area contributed by atoms with Gasteiger partial charge in [-0.1, -0.05) is 11.6 Å². The maximum Gasteiger partial charge on any atom is 0.257 e. The number of nitrogens with one attached hydrogen (secondary N) is 2. The van der Waals surface area contributed by atoms with Gasteiger partial charge in [-0.15, -0.1) is 0 Å². The molecule has 2 aliphatic rings. The highest BCUT2D eigenvalue weighted by atomic mass is 35.5. The van der Waals surface area contributed by atoms with Gasteiger partial charge in [0.1, 0.15) is 5.02 Å². The number of ether oxygens (including phenoxy) is 2. The van der Waals surface area contributed by atoms with Gasteiger partial charge in [0.05, 0.1) is 32.6 Å². The lowest BCUT2D eigenvalue weighted by molar-refractivity contribution is 0.0177. The van der Waals surface area contributed by atoms with Crippen molar-refractivity contribution >= 4 is 28.9 Å². The Hall–Kier alpha value is -2.23. The highest BCUT2D eigenvalue weighted by Crippen LogP contribution is 2.29. The van der Waals surface area contributed by atoms with Crippen LogP contribution < -0.4 is 20.3 Å². The lowest BCUT2D eigenvalue weighted by Gasteiger charge is -2.29. The molecule has 1 saturated heterocycles. The summed E-state index contributed by atoms with van der Waals surface area (Å²) in [5.74, 6) is -1.59. The molecule has 1 aromatic heterocycles. The van der Waals surface area contributed by atoms with Gasteiger partial charge in [-0.2, -0.15) is 4.98 Å². The first-order chi connectivity index (χ1) is 16.4. The minimum absolute atomic E-state index is 0.134. The molecule has 0 radical (unpaired) electrons. The van der Waals surface area contributed by atoms with Crippen LogP contribution in [0.3, 0.4) is 0 Å². The van der Waals surface area contributed by atoms with E-state index in [0.29, 0.717) is 29.4 Å². The molecule has 1 saturated carbocycles. The summed E-state index contributed by atoms with van der Waals surface area (Å²) in [6.45, 7) is 4.42. The van der Waals surface area contributed by atoms with Gasteiger partial charge in [0.15, 0.2) is 0 Å². The third-order valence-corrected chi connectivity index (χ3v) is 6.47. The van der Waals surface area contributed by atoms with E-state index in [4.69, 9.17) is 21.1 Å². The van der Waals surface area contributed by atoms with E-state index < -0.39 is 5.92 Å². The highest BCUT2D eigenvalue weighted by molar-refractivity contribution is 6.31. The van der Waals surface area contributed by atoms with Crippen molar-refractivity contribution in [1.29, 1.82) is 0 Å². The van der Waals surface area contributed by atoms with Gasteiger partial charge in [-0.3, -0.25) is 0 Å². The normalized spacial score (nSPS) is 21.4. The first-order valence-corrected chi connectivity index (χ1v) is 12.2. The van der Waals surface area contributed by atoms with Crippen molar-refractivity contribution in [3.8, 4) is 5.88 Å². The Kier molecular flexibility index (Phi) is 8.39. The highest BCUT2D eigenvalue weighted by Gasteiger charge is 2.26. The Morgan fingerprint density at radius 2 is 1.85 bits per heavy atom. The molecule has 2 N–H and O–H groups in total. The molecule has 1 aliphatic carbocycles. The van der Waals surface area contributed by atoms with Crippen LogP contribution in [0.15, 0.2) is 30.5 Å². The fourth-order valence-corrected chi connectivity index (χ4v) is 4.42. The topological polar surface area (TPSA) is 71.5 Å². The first kappa shape index (κ1) is 24.9. The standard InChI is InChI=1S/C24H32ClF2N5O2/c1-24(26,27)16-29-18-4-2-17(3-5-18)15-34-22-21(25)14-28-23(31-22)30-19-6-8-20(9-7-19)32-10-12-33-13-11-32/h6-9,14,17-18,29H,2-5,10-13,15-16H2,1H3,(H,28,30,31). The zero-order valence-electron chi connectivity index (χ0n) is 19.4. The van der Waals surface area contributed by atoms with Crippen LogP contribution in [-0.4, -0.2) is 61.4 Å². The van der Waals surface area contributed by atoms with Crippen molar-refractivity contribution in [2.45, 2.75) is 44.6 Å². The Bertz CT molecular complexity index is 915. The van der Waals surface area contributed by atoms with E-state index in [1.54, 1.807) is 0 Å². The molecular weight excluding hydrogens is 464 g/mol. The lowest BCUT2D eigenvalue weighted by Crippen LogP contribution is -2.40. The van der Waals surface area contributed by atoms with Crippen molar-refractivity contribution in [3.05, 3.63) is 35.5 Å². The van der Waals surface area contributed by atoms with Gasteiger partial charge < -0.3 is 25.0 Å². The van der Waals surface area contributed by atoms with E-state index in [-0.39, 0.29) is 12.6 Å². The third kappa shape index (κ3) is 7.38. The number of anilines is 3. The van der Waals surface area contributed by atoms with Crippen molar-refractivity contribution < 1.29 is 18.3 Å². The van der Waals surface area contributed by atoms with Crippen LogP contribution in [0.4, 0.5) is 26.1 Å². The summed E-state index contributed by atoms with van der Waals surface area (Å²) in [5.41, 5.74) is 2.02. The molecule has 0 atom stereocenters. The van der Waals surface area contributed by atoms with Crippen LogP contribution in [0, 0.1) is 5.92 Å². The third-order valence-electron chi connectivity index (χ3n) is 6.22. The maximum atomic E-state index is 13.0. The first-order valence-electron chi connectivity index (χ1n) is 11.8. The van der Waals surface area contributed by atoms with E-state index in [9.17, 15) is 8.78 Å². The Morgan fingerprint density at radius 1 is 1.15 bits per heavy atom. The van der Waals surface area contributed by atoms with Crippen LogP contribution in [-0.2, 0) is 4.74 Å². The number of benzene rings is 1. The quantitative estimate of drug-likeness (QED) is 0.513. The predicted octanol–water partition coefficient (Wildman–Crippen LogP) is 4.89. The molecular formula is C24H32ClF2N5O2. The monoisotopic (exact) mass is 495 g/mol. The number of rotatable bonds is 9. The second-order valence-electron chi connectivity index (χ2n) is 9.10. The van der Waals surface area contributed by atoms with E-state index in [2.05, 4.69) is 37.6 Å². The van der Waals surface area contributed by atoms with E-state index in [0.717, 1.165) is 70.3 Å². The zero-order valence-corrected chi connectivity index (χ0v) is 20.2. The largest absolute Gasteiger partial charge is 0.476 e. The molecule has 2 fully saturated rings. The van der Waals surface area contributed by atoms with Crippen LogP contribution in [0.2, 0.25) is 5.02 Å². The number of morpholine rings is 1.